The Morgan fingerprint density at radius 2 is 2.24 bits per heavy atom. The molecule has 0 radical (unpaired) electrons. The van der Waals surface area contributed by atoms with Crippen LogP contribution in [0.4, 0.5) is 5.69 Å². The molecule has 1 aliphatic carbocycles. The number of hydrogen-bond donors (Lipinski definition) is 2. The van der Waals surface area contributed by atoms with Gasteiger partial charge in [-0.05, 0) is 37.9 Å². The lowest BCUT2D eigenvalue weighted by Gasteiger charge is -2.55. The highest BCUT2D eigenvalue weighted by Gasteiger charge is 2.75. The van der Waals surface area contributed by atoms with Crippen molar-refractivity contribution < 1.29 is 24.1 Å². The van der Waals surface area contributed by atoms with Crippen molar-refractivity contribution in [2.75, 3.05) is 32.6 Å². The molecule has 0 unspecified atom stereocenters. The maximum atomic E-state index is 12.9. The van der Waals surface area contributed by atoms with Crippen LogP contribution in [-0.4, -0.2) is 67.6 Å². The van der Waals surface area contributed by atoms with Crippen LogP contribution in [0.1, 0.15) is 25.3 Å². The summed E-state index contributed by atoms with van der Waals surface area (Å²) < 4.78 is 16.7. The number of methoxy groups -OCH3 is 2. The number of nitrogens with zero attached hydrogens (tertiary/aromatic N) is 1. The van der Waals surface area contributed by atoms with E-state index < -0.39 is 11.5 Å². The van der Waals surface area contributed by atoms with E-state index >= 15 is 0 Å². The van der Waals surface area contributed by atoms with Gasteiger partial charge in [-0.2, -0.15) is 0 Å². The smallest absolute Gasteiger partial charge is 0.335 e. The molecule has 7 nitrogen and oxygen atoms in total. The number of esters is 1. The van der Waals surface area contributed by atoms with Crippen LogP contribution in [0.3, 0.4) is 0 Å². The zero-order chi connectivity index (χ0) is 20.1. The second kappa shape index (κ2) is 5.53. The third-order valence-electron chi connectivity index (χ3n) is 8.07. The molecule has 6 rings (SSSR count). The number of epoxide rings is 1. The van der Waals surface area contributed by atoms with Crippen LogP contribution in [0.25, 0.3) is 0 Å². The Bertz CT molecular complexity index is 959. The second-order valence-corrected chi connectivity index (χ2v) is 9.06. The molecule has 2 N–H and O–H groups in total. The molecule has 0 aromatic heterocycles. The number of fused-ring (bicyclic) bond motifs is 3. The van der Waals surface area contributed by atoms with Crippen LogP contribution >= 0.6 is 0 Å². The minimum Gasteiger partial charge on any atom is -0.497 e. The van der Waals surface area contributed by atoms with Crippen molar-refractivity contribution >= 4 is 11.7 Å². The lowest BCUT2D eigenvalue weighted by atomic mass is 9.52. The molecule has 0 saturated carbocycles. The molecule has 4 heterocycles. The molecule has 4 aliphatic heterocycles. The van der Waals surface area contributed by atoms with Gasteiger partial charge in [0.25, 0.3) is 0 Å². The van der Waals surface area contributed by atoms with E-state index in [0.717, 1.165) is 36.6 Å². The summed E-state index contributed by atoms with van der Waals surface area (Å²) in [6, 6.07) is 6.17. The minimum atomic E-state index is -0.608. The van der Waals surface area contributed by atoms with Gasteiger partial charge in [0.1, 0.15) is 5.75 Å². The van der Waals surface area contributed by atoms with Gasteiger partial charge in [0.2, 0.25) is 0 Å². The van der Waals surface area contributed by atoms with E-state index in [2.05, 4.69) is 16.3 Å². The van der Waals surface area contributed by atoms with Gasteiger partial charge >= 0.3 is 5.97 Å². The highest BCUT2D eigenvalue weighted by Crippen LogP contribution is 2.68. The van der Waals surface area contributed by atoms with Crippen molar-refractivity contribution in [1.82, 2.24) is 4.90 Å². The average molecular weight is 398 g/mol. The number of aliphatic hydroxyl groups is 1. The summed E-state index contributed by atoms with van der Waals surface area (Å²) in [5.41, 5.74) is 2.81. The SMILES string of the molecule is COC(=O)C1=C2Nc3cc(OC)ccc3[C@@]23CCN2C[C@H]4O[C@H]4[C@@]([C@@H](C)O)(C1)[C@H]23. The Balaban J connectivity index is 1.65. The summed E-state index contributed by atoms with van der Waals surface area (Å²) in [4.78, 5) is 15.4. The van der Waals surface area contributed by atoms with Gasteiger partial charge in [0.15, 0.2) is 0 Å². The lowest BCUT2D eigenvalue weighted by molar-refractivity contribution is -0.138. The Labute approximate surface area is 169 Å². The maximum Gasteiger partial charge on any atom is 0.335 e. The molecule has 154 valence electrons. The number of nitrogens with one attached hydrogen (secondary N) is 1. The highest BCUT2D eigenvalue weighted by molar-refractivity contribution is 5.93. The number of carbonyl (C=O) groups excluding carboxylic acids is 1. The molecule has 1 spiro atoms. The van der Waals surface area contributed by atoms with Gasteiger partial charge in [-0.15, -0.1) is 0 Å². The second-order valence-electron chi connectivity index (χ2n) is 9.06. The van der Waals surface area contributed by atoms with Crippen molar-refractivity contribution in [2.24, 2.45) is 5.41 Å². The molecular formula is C22H26N2O5. The first-order valence-corrected chi connectivity index (χ1v) is 10.3. The van der Waals surface area contributed by atoms with Crippen molar-refractivity contribution in [1.29, 1.82) is 0 Å². The largest absolute Gasteiger partial charge is 0.497 e. The first-order valence-electron chi connectivity index (χ1n) is 10.3. The van der Waals surface area contributed by atoms with Crippen molar-refractivity contribution in [3.8, 4) is 5.75 Å². The molecule has 6 atom stereocenters. The van der Waals surface area contributed by atoms with Gasteiger partial charge in [-0.1, -0.05) is 6.07 Å². The fourth-order valence-electron chi connectivity index (χ4n) is 6.95. The molecule has 0 amide bonds. The molecule has 1 aromatic carbocycles. The van der Waals surface area contributed by atoms with Gasteiger partial charge in [-0.3, -0.25) is 4.90 Å². The summed E-state index contributed by atoms with van der Waals surface area (Å²) in [6.07, 6.45) is 0.856. The zero-order valence-corrected chi connectivity index (χ0v) is 16.9. The van der Waals surface area contributed by atoms with Crippen LogP contribution in [0.15, 0.2) is 29.5 Å². The predicted molar refractivity (Wildman–Crippen MR) is 105 cm³/mol. The van der Waals surface area contributed by atoms with Crippen molar-refractivity contribution in [3.63, 3.8) is 0 Å². The highest BCUT2D eigenvalue weighted by atomic mass is 16.6. The summed E-state index contributed by atoms with van der Waals surface area (Å²) >= 11 is 0. The number of benzene rings is 1. The van der Waals surface area contributed by atoms with Gasteiger partial charge in [0.05, 0.1) is 43.5 Å². The number of hydrogen-bond acceptors (Lipinski definition) is 7. The normalized spacial score (nSPS) is 39.7. The summed E-state index contributed by atoms with van der Waals surface area (Å²) in [6.45, 7) is 3.65. The van der Waals surface area contributed by atoms with Crippen LogP contribution in [-0.2, 0) is 19.7 Å². The number of piperidine rings is 1. The molecule has 0 bridgehead atoms. The monoisotopic (exact) mass is 398 g/mol. The lowest BCUT2D eigenvalue weighted by Crippen LogP contribution is -2.66. The third kappa shape index (κ3) is 1.92. The summed E-state index contributed by atoms with van der Waals surface area (Å²) in [5, 5.41) is 14.7. The average Bonchev–Trinajstić information content (AvgIpc) is 3.31. The molecule has 1 aromatic rings. The number of ether oxygens (including phenoxy) is 3. The number of carbonyl (C=O) groups is 1. The molecule has 29 heavy (non-hydrogen) atoms. The quantitative estimate of drug-likeness (QED) is 0.588. The maximum absolute atomic E-state index is 12.9. The van der Waals surface area contributed by atoms with Gasteiger partial charge < -0.3 is 24.6 Å². The minimum absolute atomic E-state index is 0.0257. The van der Waals surface area contributed by atoms with E-state index in [9.17, 15) is 9.90 Å². The van der Waals surface area contributed by atoms with Crippen molar-refractivity contribution in [3.05, 3.63) is 35.0 Å². The van der Waals surface area contributed by atoms with E-state index in [1.54, 1.807) is 7.11 Å². The number of aliphatic hydroxyl groups excluding tert-OH is 1. The molecular weight excluding hydrogens is 372 g/mol. The van der Waals surface area contributed by atoms with E-state index in [1.165, 1.54) is 12.7 Å². The Morgan fingerprint density at radius 3 is 2.97 bits per heavy atom. The topological polar surface area (TPSA) is 83.6 Å². The van der Waals surface area contributed by atoms with Gasteiger partial charge in [-0.25, -0.2) is 4.79 Å². The Kier molecular flexibility index (Phi) is 3.38. The molecule has 3 saturated heterocycles. The summed E-state index contributed by atoms with van der Waals surface area (Å²) in [5.74, 6) is 0.448. The first-order chi connectivity index (χ1) is 14.0. The molecule has 5 aliphatic rings. The number of anilines is 1. The van der Waals surface area contributed by atoms with Crippen LogP contribution in [0, 0.1) is 5.41 Å². The van der Waals surface area contributed by atoms with E-state index in [4.69, 9.17) is 14.2 Å². The Morgan fingerprint density at radius 1 is 1.41 bits per heavy atom. The fourth-order valence-corrected chi connectivity index (χ4v) is 6.95. The van der Waals surface area contributed by atoms with Crippen LogP contribution in [0.2, 0.25) is 0 Å². The third-order valence-corrected chi connectivity index (χ3v) is 8.07. The molecule has 7 heteroatoms. The van der Waals surface area contributed by atoms with E-state index in [-0.39, 0.29) is 29.6 Å². The zero-order valence-electron chi connectivity index (χ0n) is 16.9. The fraction of sp³-hybridized carbons (Fsp3) is 0.591. The van der Waals surface area contributed by atoms with E-state index in [0.29, 0.717) is 12.0 Å². The Hall–Kier alpha value is -2.09. The molecule has 3 fully saturated rings. The van der Waals surface area contributed by atoms with Crippen LogP contribution in [0.5, 0.6) is 5.75 Å². The van der Waals surface area contributed by atoms with E-state index in [1.807, 2.05) is 19.1 Å². The first kappa shape index (κ1) is 17.7. The standard InChI is InChI=1S/C22H26N2O5/c1-11(25)22-9-13(19(26)28-3)17-21(14-5-4-12(27-2)8-15(14)23-17)6-7-24(20(21)22)10-16-18(22)29-16/h4-5,8,11,16,18,20,23,25H,6-7,9-10H2,1-3H3/t11-,16-,18-,20-,21+,22+/m1/s1. The number of rotatable bonds is 3. The predicted octanol–water partition coefficient (Wildman–Crippen LogP) is 1.41. The van der Waals surface area contributed by atoms with Crippen molar-refractivity contribution in [2.45, 2.75) is 49.5 Å². The van der Waals surface area contributed by atoms with Gasteiger partial charge in [0, 0.05) is 35.5 Å². The summed E-state index contributed by atoms with van der Waals surface area (Å²) in [7, 11) is 3.08. The van der Waals surface area contributed by atoms with Crippen LogP contribution < -0.4 is 10.1 Å².